The summed E-state index contributed by atoms with van der Waals surface area (Å²) in [6.45, 7) is 8.27. The van der Waals surface area contributed by atoms with Crippen molar-refractivity contribution in [2.75, 3.05) is 20.1 Å². The summed E-state index contributed by atoms with van der Waals surface area (Å²) in [5.74, 6) is -0.122. The lowest BCUT2D eigenvalue weighted by atomic mass is 9.89. The molecule has 0 aliphatic carbocycles. The van der Waals surface area contributed by atoms with Gasteiger partial charge in [-0.2, -0.15) is 0 Å². The third-order valence-corrected chi connectivity index (χ3v) is 4.02. The van der Waals surface area contributed by atoms with Crippen LogP contribution in [-0.2, 0) is 16.9 Å². The monoisotopic (exact) mass is 309 g/mol. The zero-order valence-electron chi connectivity index (χ0n) is 14.0. The van der Waals surface area contributed by atoms with Crippen LogP contribution in [0.1, 0.15) is 45.7 Å². The number of hydrogen-bond donors (Lipinski definition) is 2. The van der Waals surface area contributed by atoms with Gasteiger partial charge in [0.15, 0.2) is 0 Å². The van der Waals surface area contributed by atoms with E-state index in [0.717, 1.165) is 18.7 Å². The Hall–Kier alpha value is -1.47. The van der Waals surface area contributed by atoms with Gasteiger partial charge in [0.25, 0.3) is 0 Å². The number of carbonyl (C=O) groups excluding carboxylic acids is 1. The second-order valence-corrected chi connectivity index (χ2v) is 7.21. The number of hydrogen-bond acceptors (Lipinski definition) is 5. The minimum absolute atomic E-state index is 0.0902. The molecule has 0 aromatic carbocycles. The van der Waals surface area contributed by atoms with Crippen molar-refractivity contribution in [3.63, 3.8) is 0 Å². The van der Waals surface area contributed by atoms with Crippen molar-refractivity contribution in [2.24, 2.45) is 0 Å². The van der Waals surface area contributed by atoms with E-state index in [1.54, 1.807) is 7.05 Å². The number of piperidine rings is 1. The van der Waals surface area contributed by atoms with E-state index in [1.165, 1.54) is 0 Å². The maximum atomic E-state index is 11.5. The van der Waals surface area contributed by atoms with Gasteiger partial charge in [0, 0.05) is 20.1 Å². The standard InChI is InChI=1S/C15H27N5O2/c1-14(2,3)20-10-12(17-18-20)9-19-7-5-6-15(22,11-19)8-13(21)16-4/h10,22H,5-9,11H2,1-4H3,(H,16,21). The first-order chi connectivity index (χ1) is 10.2. The number of nitrogens with zero attached hydrogens (tertiary/aromatic N) is 4. The van der Waals surface area contributed by atoms with Crippen LogP contribution in [0.4, 0.5) is 0 Å². The molecule has 22 heavy (non-hydrogen) atoms. The number of likely N-dealkylation sites (tertiary alicyclic amines) is 1. The van der Waals surface area contributed by atoms with Crippen molar-refractivity contribution in [1.82, 2.24) is 25.2 Å². The smallest absolute Gasteiger partial charge is 0.222 e. The average molecular weight is 309 g/mol. The first-order valence-electron chi connectivity index (χ1n) is 7.79. The van der Waals surface area contributed by atoms with E-state index < -0.39 is 5.60 Å². The van der Waals surface area contributed by atoms with Gasteiger partial charge in [0.1, 0.15) is 0 Å². The van der Waals surface area contributed by atoms with E-state index in [9.17, 15) is 9.90 Å². The second-order valence-electron chi connectivity index (χ2n) is 7.21. The Bertz CT molecular complexity index is 522. The summed E-state index contributed by atoms with van der Waals surface area (Å²) >= 11 is 0. The highest BCUT2D eigenvalue weighted by Gasteiger charge is 2.35. The molecule has 7 heteroatoms. The summed E-state index contributed by atoms with van der Waals surface area (Å²) in [5, 5.41) is 21.6. The number of carbonyl (C=O) groups is 1. The molecule has 0 radical (unpaired) electrons. The van der Waals surface area contributed by atoms with E-state index in [2.05, 4.69) is 41.3 Å². The van der Waals surface area contributed by atoms with Crippen LogP contribution in [0.5, 0.6) is 0 Å². The lowest BCUT2D eigenvalue weighted by Crippen LogP contribution is -2.49. The minimum Gasteiger partial charge on any atom is -0.388 e. The van der Waals surface area contributed by atoms with Crippen molar-refractivity contribution >= 4 is 5.91 Å². The van der Waals surface area contributed by atoms with E-state index in [1.807, 2.05) is 10.9 Å². The van der Waals surface area contributed by atoms with E-state index in [-0.39, 0.29) is 17.9 Å². The number of amides is 1. The largest absolute Gasteiger partial charge is 0.388 e. The molecule has 7 nitrogen and oxygen atoms in total. The van der Waals surface area contributed by atoms with Crippen LogP contribution in [0.2, 0.25) is 0 Å². The summed E-state index contributed by atoms with van der Waals surface area (Å²) < 4.78 is 1.85. The van der Waals surface area contributed by atoms with Gasteiger partial charge in [-0.15, -0.1) is 5.10 Å². The Labute approximate surface area is 131 Å². The quantitative estimate of drug-likeness (QED) is 0.846. The maximum Gasteiger partial charge on any atom is 0.222 e. The molecule has 1 aliphatic rings. The Morgan fingerprint density at radius 2 is 2.23 bits per heavy atom. The van der Waals surface area contributed by atoms with E-state index >= 15 is 0 Å². The molecule has 1 atom stereocenters. The van der Waals surface area contributed by atoms with Crippen LogP contribution in [0, 0.1) is 0 Å². The molecule has 124 valence electrons. The van der Waals surface area contributed by atoms with Crippen LogP contribution in [-0.4, -0.2) is 56.6 Å². The van der Waals surface area contributed by atoms with Gasteiger partial charge < -0.3 is 10.4 Å². The molecular weight excluding hydrogens is 282 g/mol. The maximum absolute atomic E-state index is 11.5. The lowest BCUT2D eigenvalue weighted by Gasteiger charge is -2.38. The molecule has 2 rings (SSSR count). The van der Waals surface area contributed by atoms with Gasteiger partial charge in [-0.05, 0) is 40.2 Å². The van der Waals surface area contributed by atoms with Crippen LogP contribution in [0.3, 0.4) is 0 Å². The molecule has 1 fully saturated rings. The summed E-state index contributed by atoms with van der Waals surface area (Å²) in [7, 11) is 1.59. The van der Waals surface area contributed by atoms with Crippen molar-refractivity contribution < 1.29 is 9.90 Å². The fourth-order valence-electron chi connectivity index (χ4n) is 2.80. The Morgan fingerprint density at radius 3 is 2.82 bits per heavy atom. The number of aromatic nitrogens is 3. The molecule has 1 aliphatic heterocycles. The summed E-state index contributed by atoms with van der Waals surface area (Å²) in [6.07, 6.45) is 3.63. The van der Waals surface area contributed by atoms with Crippen molar-refractivity contribution in [3.05, 3.63) is 11.9 Å². The van der Waals surface area contributed by atoms with Crippen molar-refractivity contribution in [3.8, 4) is 0 Å². The summed E-state index contributed by atoms with van der Waals surface area (Å²) in [5.41, 5.74) is -0.148. The Morgan fingerprint density at radius 1 is 1.50 bits per heavy atom. The normalized spacial score (nSPS) is 23.5. The molecular formula is C15H27N5O2. The third-order valence-electron chi connectivity index (χ3n) is 4.02. The molecule has 2 N–H and O–H groups in total. The highest BCUT2D eigenvalue weighted by molar-refractivity contribution is 5.76. The molecule has 0 bridgehead atoms. The Balaban J connectivity index is 1.98. The fraction of sp³-hybridized carbons (Fsp3) is 0.800. The number of aliphatic hydroxyl groups is 1. The van der Waals surface area contributed by atoms with Gasteiger partial charge >= 0.3 is 0 Å². The summed E-state index contributed by atoms with van der Waals surface area (Å²) in [6, 6.07) is 0. The molecule has 2 heterocycles. The van der Waals surface area contributed by atoms with Crippen molar-refractivity contribution in [2.45, 2.75) is 57.7 Å². The third kappa shape index (κ3) is 4.27. The number of β-amino-alcohol motifs (C(OH)–C–C–N with tert-alkyl or cyclic N) is 1. The molecule has 1 amide bonds. The SMILES string of the molecule is CNC(=O)CC1(O)CCCN(Cc2cn(C(C)(C)C)nn2)C1. The zero-order chi connectivity index (χ0) is 16.4. The molecule has 1 unspecified atom stereocenters. The topological polar surface area (TPSA) is 83.3 Å². The van der Waals surface area contributed by atoms with Gasteiger partial charge in [-0.1, -0.05) is 5.21 Å². The van der Waals surface area contributed by atoms with E-state index in [4.69, 9.17) is 0 Å². The average Bonchev–Trinajstić information content (AvgIpc) is 2.86. The van der Waals surface area contributed by atoms with Gasteiger partial charge in [-0.25, -0.2) is 4.68 Å². The first-order valence-corrected chi connectivity index (χ1v) is 7.79. The number of nitrogens with one attached hydrogen (secondary N) is 1. The molecule has 0 saturated carbocycles. The highest BCUT2D eigenvalue weighted by atomic mass is 16.3. The lowest BCUT2D eigenvalue weighted by molar-refractivity contribution is -0.128. The first kappa shape index (κ1) is 16.9. The van der Waals surface area contributed by atoms with E-state index in [0.29, 0.717) is 19.5 Å². The minimum atomic E-state index is -0.946. The fourth-order valence-corrected chi connectivity index (χ4v) is 2.80. The predicted molar refractivity (Wildman–Crippen MR) is 83.2 cm³/mol. The molecule has 1 aromatic heterocycles. The van der Waals surface area contributed by atoms with Crippen molar-refractivity contribution in [1.29, 1.82) is 0 Å². The molecule has 0 spiro atoms. The van der Waals surface area contributed by atoms with Gasteiger partial charge in [0.2, 0.25) is 5.91 Å². The highest BCUT2D eigenvalue weighted by Crippen LogP contribution is 2.25. The molecule has 1 saturated heterocycles. The second kappa shape index (κ2) is 6.34. The van der Waals surface area contributed by atoms with Gasteiger partial charge in [-0.3, -0.25) is 9.69 Å². The van der Waals surface area contributed by atoms with Gasteiger partial charge in [0.05, 0.1) is 29.5 Å². The summed E-state index contributed by atoms with van der Waals surface area (Å²) in [4.78, 5) is 13.7. The zero-order valence-corrected chi connectivity index (χ0v) is 14.0. The predicted octanol–water partition coefficient (Wildman–Crippen LogP) is 0.496. The number of rotatable bonds is 4. The molecule has 1 aromatic rings. The Kier molecular flexibility index (Phi) is 4.87. The van der Waals surface area contributed by atoms with Crippen LogP contribution in [0.25, 0.3) is 0 Å². The van der Waals surface area contributed by atoms with Crippen LogP contribution >= 0.6 is 0 Å². The van der Waals surface area contributed by atoms with Crippen LogP contribution < -0.4 is 5.32 Å². The van der Waals surface area contributed by atoms with Crippen LogP contribution in [0.15, 0.2) is 6.20 Å².